The maximum Gasteiger partial charge on any atom is 0.378 e. The zero-order chi connectivity index (χ0) is 10.1. The predicted molar refractivity (Wildman–Crippen MR) is 64.6 cm³/mol. The number of hydrogen-bond donors (Lipinski definition) is 0. The first-order valence-electron chi connectivity index (χ1n) is 5.19. The molecule has 0 unspecified atom stereocenters. The van der Waals surface area contributed by atoms with E-state index in [9.17, 15) is 0 Å². The topological polar surface area (TPSA) is 0 Å². The van der Waals surface area contributed by atoms with Crippen molar-refractivity contribution in [2.45, 2.75) is 52.4 Å². The summed E-state index contributed by atoms with van der Waals surface area (Å²) in [5, 5.41) is 0. The first-order valence-corrected chi connectivity index (χ1v) is 6.06. The summed E-state index contributed by atoms with van der Waals surface area (Å²) in [6.07, 6.45) is 9.23. The lowest BCUT2D eigenvalue weighted by Gasteiger charge is -2.04. The summed E-state index contributed by atoms with van der Waals surface area (Å²) in [5.74, 6) is 0. The second-order valence-electron chi connectivity index (χ2n) is 3.33. The van der Waals surface area contributed by atoms with Crippen molar-refractivity contribution < 1.29 is 0 Å². The molecule has 0 aliphatic heterocycles. The molecule has 3 heteroatoms. The highest BCUT2D eigenvalue weighted by molar-refractivity contribution is 7.36. The fraction of sp³-hybridized carbons (Fsp3) is 0.800. The van der Waals surface area contributed by atoms with Crippen molar-refractivity contribution in [3.05, 3.63) is 11.5 Å². The Morgan fingerprint density at radius 1 is 1.15 bits per heavy atom. The molecule has 13 heavy (non-hydrogen) atoms. The minimum Gasteiger partial charge on any atom is -0.165 e. The first-order chi connectivity index (χ1) is 6.22. The molecular weight excluding hydrogens is 202 g/mol. The molecule has 0 aromatic carbocycles. The molecule has 0 fully saturated rings. The number of rotatable bonds is 7. The van der Waals surface area contributed by atoms with Gasteiger partial charge in [0.1, 0.15) is 0 Å². The van der Waals surface area contributed by atoms with Crippen molar-refractivity contribution in [1.82, 2.24) is 0 Å². The Kier molecular flexibility index (Phi) is 9.23. The van der Waals surface area contributed by atoms with Gasteiger partial charge in [-0.25, -0.2) is 0 Å². The maximum absolute atomic E-state index is 5.86. The Bertz CT molecular complexity index is 144. The number of halogens is 2. The molecule has 0 radical (unpaired) electrons. The molecule has 0 amide bonds. The highest BCUT2D eigenvalue weighted by Crippen LogP contribution is 2.18. The van der Waals surface area contributed by atoms with Gasteiger partial charge in [0.2, 0.25) is 0 Å². The molecule has 0 atom stereocenters. The molecule has 0 saturated carbocycles. The molecule has 0 aromatic heterocycles. The quantitative estimate of drug-likeness (QED) is 0.427. The van der Waals surface area contributed by atoms with E-state index < -0.39 is 0 Å². The van der Waals surface area contributed by atoms with Crippen LogP contribution in [0.5, 0.6) is 0 Å². The number of hydrogen-bond acceptors (Lipinski definition) is 0. The van der Waals surface area contributed by atoms with Crippen LogP contribution < -0.4 is 0 Å². The fourth-order valence-corrected chi connectivity index (χ4v) is 1.57. The summed E-state index contributed by atoms with van der Waals surface area (Å²) in [7, 11) is 0. The van der Waals surface area contributed by atoms with E-state index in [0.29, 0.717) is 0 Å². The Morgan fingerprint density at radius 3 is 2.23 bits per heavy atom. The van der Waals surface area contributed by atoms with Crippen LogP contribution in [0.2, 0.25) is 0 Å². The number of unbranched alkanes of at least 4 members (excludes halogenated alkanes) is 3. The van der Waals surface area contributed by atoms with Gasteiger partial charge in [0.05, 0.1) is 0 Å². The van der Waals surface area contributed by atoms with Gasteiger partial charge in [0.15, 0.2) is 0 Å². The average molecular weight is 221 g/mol. The smallest absolute Gasteiger partial charge is 0.165 e. The van der Waals surface area contributed by atoms with Crippen molar-refractivity contribution in [3.63, 3.8) is 0 Å². The fourth-order valence-electron chi connectivity index (χ4n) is 1.17. The molecule has 0 aliphatic rings. The van der Waals surface area contributed by atoms with Crippen molar-refractivity contribution in [1.29, 1.82) is 0 Å². The lowest BCUT2D eigenvalue weighted by molar-refractivity contribution is 0.786. The van der Waals surface area contributed by atoms with Crippen LogP contribution in [0.3, 0.4) is 0 Å². The summed E-state index contributed by atoms with van der Waals surface area (Å²) in [4.78, 5) is 0. The third kappa shape index (κ3) is 7.46. The molecule has 0 spiro atoms. The van der Waals surface area contributed by atoms with Gasteiger partial charge in [-0.2, -0.15) is 22.9 Å². The Labute approximate surface area is 92.6 Å². The number of allylic oxidation sites excluding steroid dienone is 2. The SMILES string of the molecule is CCCC/C=C(\CCCC)B(Cl)Cl. The van der Waals surface area contributed by atoms with Crippen molar-refractivity contribution in [2.75, 3.05) is 0 Å². The van der Waals surface area contributed by atoms with E-state index in [1.165, 1.54) is 31.2 Å². The lowest BCUT2D eigenvalue weighted by Crippen LogP contribution is -2.00. The molecule has 0 nitrogen and oxygen atoms in total. The van der Waals surface area contributed by atoms with E-state index in [-0.39, 0.29) is 5.54 Å². The summed E-state index contributed by atoms with van der Waals surface area (Å²) < 4.78 is 0. The lowest BCUT2D eigenvalue weighted by atomic mass is 9.86. The third-order valence-electron chi connectivity index (χ3n) is 2.06. The van der Waals surface area contributed by atoms with E-state index in [4.69, 9.17) is 22.9 Å². The molecule has 0 aromatic rings. The van der Waals surface area contributed by atoms with Gasteiger partial charge in [-0.05, 0) is 12.8 Å². The Morgan fingerprint density at radius 2 is 1.77 bits per heavy atom. The molecule has 0 heterocycles. The van der Waals surface area contributed by atoms with Gasteiger partial charge >= 0.3 is 5.54 Å². The van der Waals surface area contributed by atoms with Gasteiger partial charge in [0.25, 0.3) is 0 Å². The van der Waals surface area contributed by atoms with Gasteiger partial charge in [0, 0.05) is 0 Å². The first kappa shape index (κ1) is 13.4. The zero-order valence-electron chi connectivity index (χ0n) is 8.65. The predicted octanol–water partition coefficient (Wildman–Crippen LogP) is 4.80. The Hall–Kier alpha value is 0.385. The van der Waals surface area contributed by atoms with Crippen molar-refractivity contribution in [2.24, 2.45) is 0 Å². The molecule has 0 rings (SSSR count). The highest BCUT2D eigenvalue weighted by Gasteiger charge is 2.11. The molecule has 0 aliphatic carbocycles. The summed E-state index contributed by atoms with van der Waals surface area (Å²) in [6, 6.07) is 0. The van der Waals surface area contributed by atoms with E-state index in [0.717, 1.165) is 12.8 Å². The second kappa shape index (κ2) is 8.96. The second-order valence-corrected chi connectivity index (χ2v) is 4.42. The summed E-state index contributed by atoms with van der Waals surface area (Å²) >= 11 is 11.7. The summed E-state index contributed by atoms with van der Waals surface area (Å²) in [6.45, 7) is 4.37. The maximum atomic E-state index is 5.86. The molecular formula is C10H19BCl2. The van der Waals surface area contributed by atoms with Crippen molar-refractivity contribution in [3.8, 4) is 0 Å². The zero-order valence-corrected chi connectivity index (χ0v) is 10.2. The van der Waals surface area contributed by atoms with E-state index >= 15 is 0 Å². The highest BCUT2D eigenvalue weighted by atomic mass is 35.5. The van der Waals surface area contributed by atoms with Crippen LogP contribution >= 0.6 is 22.9 Å². The molecule has 0 bridgehead atoms. The van der Waals surface area contributed by atoms with Gasteiger partial charge in [-0.3, -0.25) is 0 Å². The standard InChI is InChI=1S/C10H19BCl2/c1-3-5-7-9-10(11(12)13)8-6-4-2/h9H,3-8H2,1-2H3/b10-9+. The van der Waals surface area contributed by atoms with Crippen LogP contribution in [0.25, 0.3) is 0 Å². The molecule has 0 N–H and O–H groups in total. The third-order valence-corrected chi connectivity index (χ3v) is 2.62. The van der Waals surface area contributed by atoms with Crippen molar-refractivity contribution >= 4 is 28.5 Å². The molecule has 76 valence electrons. The monoisotopic (exact) mass is 220 g/mol. The average Bonchev–Trinajstić information content (AvgIpc) is 2.10. The van der Waals surface area contributed by atoms with Crippen LogP contribution in [0.1, 0.15) is 52.4 Å². The van der Waals surface area contributed by atoms with Gasteiger partial charge < -0.3 is 0 Å². The van der Waals surface area contributed by atoms with Crippen LogP contribution in [-0.4, -0.2) is 5.54 Å². The summed E-state index contributed by atoms with van der Waals surface area (Å²) in [5.41, 5.74) is 0.905. The van der Waals surface area contributed by atoms with Crippen LogP contribution in [0.4, 0.5) is 0 Å². The minimum absolute atomic E-state index is 0.302. The normalized spacial score (nSPS) is 11.8. The largest absolute Gasteiger partial charge is 0.378 e. The van der Waals surface area contributed by atoms with Gasteiger partial charge in [-0.15, -0.1) is 0 Å². The Balaban J connectivity index is 3.84. The van der Waals surface area contributed by atoms with E-state index in [2.05, 4.69) is 19.9 Å². The molecule has 0 saturated heterocycles. The minimum atomic E-state index is -0.302. The van der Waals surface area contributed by atoms with Crippen LogP contribution in [-0.2, 0) is 0 Å². The van der Waals surface area contributed by atoms with E-state index in [1.807, 2.05) is 0 Å². The van der Waals surface area contributed by atoms with Gasteiger partial charge in [-0.1, -0.05) is 51.1 Å². The van der Waals surface area contributed by atoms with E-state index in [1.54, 1.807) is 0 Å². The van der Waals surface area contributed by atoms with Crippen LogP contribution in [0.15, 0.2) is 11.5 Å². The van der Waals surface area contributed by atoms with Crippen LogP contribution in [0, 0.1) is 0 Å².